The largest absolute Gasteiger partial charge is 0.335 e. The minimum absolute atomic E-state index is 0.00251. The molecule has 1 saturated heterocycles. The van der Waals surface area contributed by atoms with E-state index in [1.807, 2.05) is 22.7 Å². The average Bonchev–Trinajstić information content (AvgIpc) is 3.40. The van der Waals surface area contributed by atoms with E-state index < -0.39 is 0 Å². The number of rotatable bonds is 4. The van der Waals surface area contributed by atoms with Gasteiger partial charge in [0.1, 0.15) is 5.82 Å². The molecule has 28 heavy (non-hydrogen) atoms. The van der Waals surface area contributed by atoms with E-state index >= 15 is 0 Å². The van der Waals surface area contributed by atoms with Crippen LogP contribution in [0.1, 0.15) is 34.9 Å². The second-order valence-corrected chi connectivity index (χ2v) is 7.99. The number of nitrogens with one attached hydrogen (secondary N) is 1. The Balaban J connectivity index is 1.26. The molecule has 1 N–H and O–H groups in total. The summed E-state index contributed by atoms with van der Waals surface area (Å²) in [5, 5.41) is 7.60. The van der Waals surface area contributed by atoms with Gasteiger partial charge in [-0.1, -0.05) is 12.1 Å². The smallest absolute Gasteiger partial charge is 0.317 e. The SMILES string of the molecule is Cc1nn(C)c(C)c1CN1CCN(C(=O)N[C@@H]2C[C@H]2c2cccc(F)c2)CC1. The van der Waals surface area contributed by atoms with Gasteiger partial charge in [-0.05, 0) is 38.0 Å². The highest BCUT2D eigenvalue weighted by molar-refractivity contribution is 5.75. The summed E-state index contributed by atoms with van der Waals surface area (Å²) >= 11 is 0. The van der Waals surface area contributed by atoms with E-state index in [1.165, 1.54) is 17.3 Å². The van der Waals surface area contributed by atoms with E-state index in [-0.39, 0.29) is 23.8 Å². The number of amides is 2. The van der Waals surface area contributed by atoms with Crippen LogP contribution >= 0.6 is 0 Å². The number of piperazine rings is 1. The summed E-state index contributed by atoms with van der Waals surface area (Å²) in [6.45, 7) is 8.20. The first-order valence-corrected chi connectivity index (χ1v) is 9.94. The van der Waals surface area contributed by atoms with Crippen LogP contribution in [0.4, 0.5) is 9.18 Å². The van der Waals surface area contributed by atoms with Gasteiger partial charge in [-0.3, -0.25) is 9.58 Å². The number of aromatic nitrogens is 2. The number of hydrogen-bond acceptors (Lipinski definition) is 3. The fourth-order valence-corrected chi connectivity index (χ4v) is 4.09. The predicted molar refractivity (Wildman–Crippen MR) is 106 cm³/mol. The van der Waals surface area contributed by atoms with Crippen LogP contribution < -0.4 is 5.32 Å². The molecule has 0 spiro atoms. The second-order valence-electron chi connectivity index (χ2n) is 7.99. The van der Waals surface area contributed by atoms with E-state index in [0.29, 0.717) is 0 Å². The van der Waals surface area contributed by atoms with Gasteiger partial charge in [0.15, 0.2) is 0 Å². The van der Waals surface area contributed by atoms with Gasteiger partial charge in [0, 0.05) is 63.0 Å². The standard InChI is InChI=1S/C21H28FN5O/c1-14-19(15(2)25(3)24-14)13-26-7-9-27(10-8-26)21(28)23-20-12-18(20)16-5-4-6-17(22)11-16/h4-6,11,18,20H,7-10,12-13H2,1-3H3,(H,23,28)/t18-,20+/m0/s1. The molecule has 2 heterocycles. The van der Waals surface area contributed by atoms with Crippen molar-refractivity contribution >= 4 is 6.03 Å². The molecule has 150 valence electrons. The molecule has 0 bridgehead atoms. The highest BCUT2D eigenvalue weighted by Gasteiger charge is 2.40. The first-order chi connectivity index (χ1) is 13.4. The lowest BCUT2D eigenvalue weighted by Gasteiger charge is -2.34. The summed E-state index contributed by atoms with van der Waals surface area (Å²) in [6.07, 6.45) is 0.884. The first kappa shape index (κ1) is 18.9. The Labute approximate surface area is 165 Å². The summed E-state index contributed by atoms with van der Waals surface area (Å²) in [6, 6.07) is 6.80. The number of benzene rings is 1. The third kappa shape index (κ3) is 3.90. The summed E-state index contributed by atoms with van der Waals surface area (Å²) in [4.78, 5) is 16.8. The van der Waals surface area contributed by atoms with Gasteiger partial charge in [0.2, 0.25) is 0 Å². The molecule has 2 aliphatic rings. The molecule has 1 aliphatic carbocycles. The Hall–Kier alpha value is -2.41. The molecule has 1 aliphatic heterocycles. The Bertz CT molecular complexity index is 872. The van der Waals surface area contributed by atoms with Crippen LogP contribution in [0.25, 0.3) is 0 Å². The lowest BCUT2D eigenvalue weighted by molar-refractivity contribution is 0.134. The average molecular weight is 385 g/mol. The molecule has 1 saturated carbocycles. The minimum atomic E-state index is -0.218. The normalized spacial score (nSPS) is 22.4. The number of carbonyl (C=O) groups is 1. The molecule has 4 rings (SSSR count). The lowest BCUT2D eigenvalue weighted by atomic mass is 10.1. The Kier molecular flexibility index (Phi) is 5.10. The van der Waals surface area contributed by atoms with Gasteiger partial charge in [-0.25, -0.2) is 9.18 Å². The zero-order chi connectivity index (χ0) is 19.8. The minimum Gasteiger partial charge on any atom is -0.335 e. The monoisotopic (exact) mass is 385 g/mol. The van der Waals surface area contributed by atoms with Crippen molar-refractivity contribution in [3.63, 3.8) is 0 Å². The van der Waals surface area contributed by atoms with Crippen molar-refractivity contribution < 1.29 is 9.18 Å². The third-order valence-corrected chi connectivity index (χ3v) is 6.08. The Morgan fingerprint density at radius 3 is 2.64 bits per heavy atom. The van der Waals surface area contributed by atoms with Gasteiger partial charge in [0.05, 0.1) is 5.69 Å². The number of carbonyl (C=O) groups excluding carboxylic acids is 1. The number of urea groups is 1. The quantitative estimate of drug-likeness (QED) is 0.880. The van der Waals surface area contributed by atoms with Gasteiger partial charge in [-0.15, -0.1) is 0 Å². The molecule has 2 atom stereocenters. The maximum absolute atomic E-state index is 13.4. The maximum atomic E-state index is 13.4. The van der Waals surface area contributed by atoms with Crippen LogP contribution in [0.3, 0.4) is 0 Å². The van der Waals surface area contributed by atoms with Gasteiger partial charge >= 0.3 is 6.03 Å². The number of hydrogen-bond donors (Lipinski definition) is 1. The molecular formula is C21H28FN5O. The van der Waals surface area contributed by atoms with Gasteiger partial charge < -0.3 is 10.2 Å². The molecular weight excluding hydrogens is 357 g/mol. The molecule has 6 nitrogen and oxygen atoms in total. The molecule has 2 amide bonds. The second kappa shape index (κ2) is 7.54. The number of nitrogens with zero attached hydrogens (tertiary/aromatic N) is 4. The van der Waals surface area contributed by atoms with Crippen molar-refractivity contribution in [1.29, 1.82) is 0 Å². The van der Waals surface area contributed by atoms with E-state index in [0.717, 1.165) is 50.4 Å². The molecule has 0 radical (unpaired) electrons. The molecule has 2 aromatic rings. The topological polar surface area (TPSA) is 53.4 Å². The van der Waals surface area contributed by atoms with Crippen LogP contribution in [-0.2, 0) is 13.6 Å². The fraction of sp³-hybridized carbons (Fsp3) is 0.524. The van der Waals surface area contributed by atoms with Crippen molar-refractivity contribution in [1.82, 2.24) is 24.9 Å². The molecule has 7 heteroatoms. The third-order valence-electron chi connectivity index (χ3n) is 6.08. The van der Waals surface area contributed by atoms with Crippen LogP contribution in [0.2, 0.25) is 0 Å². The van der Waals surface area contributed by atoms with Gasteiger partial charge in [0.25, 0.3) is 0 Å². The van der Waals surface area contributed by atoms with E-state index in [1.54, 1.807) is 12.1 Å². The molecule has 0 unspecified atom stereocenters. The lowest BCUT2D eigenvalue weighted by Crippen LogP contribution is -2.52. The van der Waals surface area contributed by atoms with Crippen molar-refractivity contribution in [2.24, 2.45) is 7.05 Å². The number of halogens is 1. The van der Waals surface area contributed by atoms with Crippen molar-refractivity contribution in [3.8, 4) is 0 Å². The van der Waals surface area contributed by atoms with Crippen molar-refractivity contribution in [3.05, 3.63) is 52.6 Å². The fourth-order valence-electron chi connectivity index (χ4n) is 4.09. The summed E-state index contributed by atoms with van der Waals surface area (Å²) in [7, 11) is 1.98. The Morgan fingerprint density at radius 2 is 2.00 bits per heavy atom. The van der Waals surface area contributed by atoms with Crippen LogP contribution in [0, 0.1) is 19.7 Å². The van der Waals surface area contributed by atoms with E-state index in [4.69, 9.17) is 0 Å². The first-order valence-electron chi connectivity index (χ1n) is 9.94. The van der Waals surface area contributed by atoms with Crippen LogP contribution in [0.15, 0.2) is 24.3 Å². The summed E-state index contributed by atoms with van der Waals surface area (Å²) < 4.78 is 15.3. The summed E-state index contributed by atoms with van der Waals surface area (Å²) in [5.74, 6) is 0.0159. The zero-order valence-electron chi connectivity index (χ0n) is 16.8. The van der Waals surface area contributed by atoms with E-state index in [2.05, 4.69) is 29.2 Å². The number of aryl methyl sites for hydroxylation is 2. The van der Waals surface area contributed by atoms with Gasteiger partial charge in [-0.2, -0.15) is 5.10 Å². The summed E-state index contributed by atoms with van der Waals surface area (Å²) in [5.41, 5.74) is 4.54. The molecule has 2 fully saturated rings. The molecule has 1 aromatic heterocycles. The predicted octanol–water partition coefficient (Wildman–Crippen LogP) is 2.56. The Morgan fingerprint density at radius 1 is 1.25 bits per heavy atom. The highest BCUT2D eigenvalue weighted by atomic mass is 19.1. The highest BCUT2D eigenvalue weighted by Crippen LogP contribution is 2.41. The zero-order valence-corrected chi connectivity index (χ0v) is 16.8. The van der Waals surface area contributed by atoms with E-state index in [9.17, 15) is 9.18 Å². The van der Waals surface area contributed by atoms with Crippen LogP contribution in [0.5, 0.6) is 0 Å². The molecule has 1 aromatic carbocycles. The van der Waals surface area contributed by atoms with Crippen LogP contribution in [-0.4, -0.2) is 57.8 Å². The maximum Gasteiger partial charge on any atom is 0.317 e. The van der Waals surface area contributed by atoms with Crippen molar-refractivity contribution in [2.75, 3.05) is 26.2 Å². The van der Waals surface area contributed by atoms with Crippen molar-refractivity contribution in [2.45, 2.75) is 38.8 Å².